The molecule has 1 unspecified atom stereocenters. The first-order valence-corrected chi connectivity index (χ1v) is 33.8. The molecule has 0 saturated carbocycles. The van der Waals surface area contributed by atoms with E-state index in [4.69, 9.17) is 14.2 Å². The van der Waals surface area contributed by atoms with E-state index < -0.39 is 6.10 Å². The molecule has 0 aliphatic carbocycles. The van der Waals surface area contributed by atoms with Crippen LogP contribution < -0.4 is 0 Å². The predicted molar refractivity (Wildman–Crippen MR) is 335 cm³/mol. The summed E-state index contributed by atoms with van der Waals surface area (Å²) in [6, 6.07) is 0. The molecule has 0 N–H and O–H groups in total. The van der Waals surface area contributed by atoms with E-state index in [9.17, 15) is 14.4 Å². The van der Waals surface area contributed by atoms with E-state index in [0.29, 0.717) is 19.3 Å². The molecule has 0 spiro atoms. The molecule has 0 fully saturated rings. The topological polar surface area (TPSA) is 78.9 Å². The van der Waals surface area contributed by atoms with E-state index in [1.165, 1.54) is 212 Å². The van der Waals surface area contributed by atoms with Crippen molar-refractivity contribution in [2.45, 2.75) is 361 Å². The molecule has 448 valence electrons. The summed E-state index contributed by atoms with van der Waals surface area (Å²) in [5.74, 6) is -0.889. The monoisotopic (exact) mass is 1080 g/mol. The molecule has 6 nitrogen and oxygen atoms in total. The van der Waals surface area contributed by atoms with E-state index in [0.717, 1.165) is 103 Å². The zero-order valence-corrected chi connectivity index (χ0v) is 51.5. The first-order chi connectivity index (χ1) is 38.0. The quantitative estimate of drug-likeness (QED) is 0.0261. The van der Waals surface area contributed by atoms with Crippen molar-refractivity contribution in [2.24, 2.45) is 0 Å². The van der Waals surface area contributed by atoms with Crippen molar-refractivity contribution < 1.29 is 28.6 Å². The van der Waals surface area contributed by atoms with Gasteiger partial charge in [-0.2, -0.15) is 0 Å². The standard InChI is InChI=1S/C71H128O6/c1-4-7-10-13-16-19-22-25-28-30-32-33-34-35-36-37-38-40-41-43-46-49-52-55-58-61-64-70(73)76-67-68(66-75-69(72)63-60-57-54-51-48-45-27-24-21-18-15-12-9-6-3)77-71(74)65-62-59-56-53-50-47-44-42-39-31-29-26-23-20-17-14-11-8-5-2/h15,17-18,20,24,26-27,29,39,42,68H,4-14,16,19,21-23,25,28,30-38,40-41,43-67H2,1-3H3/b18-15-,20-17-,27-24-,29-26-,42-39-. The van der Waals surface area contributed by atoms with Gasteiger partial charge >= 0.3 is 17.9 Å². The number of esters is 3. The van der Waals surface area contributed by atoms with E-state index >= 15 is 0 Å². The van der Waals surface area contributed by atoms with Crippen molar-refractivity contribution >= 4 is 17.9 Å². The third kappa shape index (κ3) is 63.8. The molecule has 77 heavy (non-hydrogen) atoms. The van der Waals surface area contributed by atoms with Crippen LogP contribution in [0.5, 0.6) is 0 Å². The summed E-state index contributed by atoms with van der Waals surface area (Å²) in [5, 5.41) is 0. The molecule has 0 aromatic heterocycles. The number of hydrogen-bond acceptors (Lipinski definition) is 6. The first kappa shape index (κ1) is 74.1. The fraction of sp³-hybridized carbons (Fsp3) is 0.817. The Labute approximate surface area is 479 Å². The minimum Gasteiger partial charge on any atom is -0.462 e. The van der Waals surface area contributed by atoms with Gasteiger partial charge in [0.2, 0.25) is 0 Å². The number of unbranched alkanes of at least 4 members (excludes halogenated alkanes) is 41. The van der Waals surface area contributed by atoms with E-state index in [1.807, 2.05) is 0 Å². The average molecular weight is 1080 g/mol. The Balaban J connectivity index is 4.28. The lowest BCUT2D eigenvalue weighted by Crippen LogP contribution is -2.30. The van der Waals surface area contributed by atoms with Gasteiger partial charge in [-0.15, -0.1) is 0 Å². The summed E-state index contributed by atoms with van der Waals surface area (Å²) in [7, 11) is 0. The number of carbonyl (C=O) groups is 3. The van der Waals surface area contributed by atoms with Crippen molar-refractivity contribution in [3.05, 3.63) is 60.8 Å². The molecular weight excluding hydrogens is 949 g/mol. The first-order valence-electron chi connectivity index (χ1n) is 33.8. The maximum absolute atomic E-state index is 12.9. The Kier molecular flexibility index (Phi) is 63.2. The number of carbonyl (C=O) groups excluding carboxylic acids is 3. The van der Waals surface area contributed by atoms with Crippen molar-refractivity contribution in [3.63, 3.8) is 0 Å². The Bertz CT molecular complexity index is 1380. The zero-order chi connectivity index (χ0) is 55.7. The molecular formula is C71H128O6. The number of rotatable bonds is 62. The molecule has 0 aromatic rings. The molecule has 0 amide bonds. The van der Waals surface area contributed by atoms with Crippen LogP contribution in [0.25, 0.3) is 0 Å². The lowest BCUT2D eigenvalue weighted by molar-refractivity contribution is -0.167. The fourth-order valence-corrected chi connectivity index (χ4v) is 9.88. The highest BCUT2D eigenvalue weighted by atomic mass is 16.6. The van der Waals surface area contributed by atoms with Gasteiger partial charge in [0.15, 0.2) is 6.10 Å². The molecule has 0 aliphatic heterocycles. The van der Waals surface area contributed by atoms with E-state index in [1.54, 1.807) is 0 Å². The van der Waals surface area contributed by atoms with Crippen molar-refractivity contribution in [1.82, 2.24) is 0 Å². The van der Waals surface area contributed by atoms with Crippen molar-refractivity contribution in [3.8, 4) is 0 Å². The van der Waals surface area contributed by atoms with Gasteiger partial charge in [-0.05, 0) is 83.5 Å². The Morgan fingerprint density at radius 3 is 0.792 bits per heavy atom. The highest BCUT2D eigenvalue weighted by Gasteiger charge is 2.19. The Morgan fingerprint density at radius 2 is 0.481 bits per heavy atom. The molecule has 0 bridgehead atoms. The maximum Gasteiger partial charge on any atom is 0.306 e. The molecule has 0 heterocycles. The Hall–Kier alpha value is -2.89. The molecule has 1 atom stereocenters. The third-order valence-corrected chi connectivity index (χ3v) is 15.0. The lowest BCUT2D eigenvalue weighted by atomic mass is 10.0. The molecule has 0 aromatic carbocycles. The maximum atomic E-state index is 12.9. The van der Waals surface area contributed by atoms with Crippen molar-refractivity contribution in [2.75, 3.05) is 13.2 Å². The molecule has 0 rings (SSSR count). The SMILES string of the molecule is CCCC/C=C\C/C=C\CCCCCCCC(=O)OCC(COC(=O)CCCCCCCCCCCCCCCCCCCCCCCCCCCC)OC(=O)CCCCCCCC/C=C\C/C=C\C/C=C\CCCCC. The van der Waals surface area contributed by atoms with Crippen LogP contribution in [0.2, 0.25) is 0 Å². The summed E-state index contributed by atoms with van der Waals surface area (Å²) < 4.78 is 16.9. The summed E-state index contributed by atoms with van der Waals surface area (Å²) in [5.41, 5.74) is 0. The molecule has 0 radical (unpaired) electrons. The normalized spacial score (nSPS) is 12.4. The van der Waals surface area contributed by atoms with Crippen LogP contribution in [-0.4, -0.2) is 37.2 Å². The highest BCUT2D eigenvalue weighted by Crippen LogP contribution is 2.18. The average Bonchev–Trinajstić information content (AvgIpc) is 3.43. The molecule has 0 saturated heterocycles. The number of hydrogen-bond donors (Lipinski definition) is 0. The Morgan fingerprint density at radius 1 is 0.260 bits per heavy atom. The van der Waals surface area contributed by atoms with Crippen LogP contribution >= 0.6 is 0 Å². The third-order valence-electron chi connectivity index (χ3n) is 15.0. The lowest BCUT2D eigenvalue weighted by Gasteiger charge is -2.18. The van der Waals surface area contributed by atoms with E-state index in [-0.39, 0.29) is 31.1 Å². The van der Waals surface area contributed by atoms with Crippen LogP contribution in [-0.2, 0) is 28.6 Å². The van der Waals surface area contributed by atoms with Gasteiger partial charge in [0.25, 0.3) is 0 Å². The fourth-order valence-electron chi connectivity index (χ4n) is 9.88. The highest BCUT2D eigenvalue weighted by molar-refractivity contribution is 5.71. The van der Waals surface area contributed by atoms with Crippen LogP contribution in [0.4, 0.5) is 0 Å². The molecule has 6 heteroatoms. The summed E-state index contributed by atoms with van der Waals surface area (Å²) in [4.78, 5) is 38.4. The van der Waals surface area contributed by atoms with Gasteiger partial charge in [0, 0.05) is 19.3 Å². The summed E-state index contributed by atoms with van der Waals surface area (Å²) >= 11 is 0. The van der Waals surface area contributed by atoms with E-state index in [2.05, 4.69) is 81.5 Å². The van der Waals surface area contributed by atoms with Gasteiger partial charge in [0.1, 0.15) is 13.2 Å². The van der Waals surface area contributed by atoms with Crippen LogP contribution in [0.3, 0.4) is 0 Å². The largest absolute Gasteiger partial charge is 0.462 e. The van der Waals surface area contributed by atoms with Crippen LogP contribution in [0.15, 0.2) is 60.8 Å². The van der Waals surface area contributed by atoms with Gasteiger partial charge in [0.05, 0.1) is 0 Å². The van der Waals surface area contributed by atoms with Gasteiger partial charge in [-0.25, -0.2) is 0 Å². The minimum atomic E-state index is -0.787. The second-order valence-corrected chi connectivity index (χ2v) is 22.7. The minimum absolute atomic E-state index is 0.0812. The summed E-state index contributed by atoms with van der Waals surface area (Å²) in [6.07, 6.45) is 83.8. The van der Waals surface area contributed by atoms with Crippen LogP contribution in [0.1, 0.15) is 355 Å². The number of allylic oxidation sites excluding steroid dienone is 10. The second kappa shape index (κ2) is 65.6. The molecule has 0 aliphatic rings. The van der Waals surface area contributed by atoms with Gasteiger partial charge in [-0.1, -0.05) is 313 Å². The second-order valence-electron chi connectivity index (χ2n) is 22.7. The number of ether oxygens (including phenoxy) is 3. The van der Waals surface area contributed by atoms with Gasteiger partial charge < -0.3 is 14.2 Å². The van der Waals surface area contributed by atoms with Crippen LogP contribution in [0, 0.1) is 0 Å². The predicted octanol–water partition coefficient (Wildman–Crippen LogP) is 23.1. The summed E-state index contributed by atoms with van der Waals surface area (Å²) in [6.45, 7) is 6.60. The van der Waals surface area contributed by atoms with Gasteiger partial charge in [-0.3, -0.25) is 14.4 Å². The zero-order valence-electron chi connectivity index (χ0n) is 51.5. The smallest absolute Gasteiger partial charge is 0.306 e. The van der Waals surface area contributed by atoms with Crippen molar-refractivity contribution in [1.29, 1.82) is 0 Å².